The molecule has 0 saturated carbocycles. The van der Waals surface area contributed by atoms with E-state index in [0.717, 1.165) is 33.2 Å². The van der Waals surface area contributed by atoms with Gasteiger partial charge in [-0.15, -0.1) is 6.42 Å². The Labute approximate surface area is 127 Å². The zero-order chi connectivity index (χ0) is 15.3. The van der Waals surface area contributed by atoms with E-state index < -0.39 is 0 Å². The topological polar surface area (TPSA) is 49.7 Å². The Balaban J connectivity index is 2.10. The lowest BCUT2D eigenvalue weighted by Gasteiger charge is -2.23. The molecule has 0 aliphatic carbocycles. The van der Waals surface area contributed by atoms with Crippen molar-refractivity contribution in [2.75, 3.05) is 0 Å². The molecule has 106 valence electrons. The zero-order valence-electron chi connectivity index (χ0n) is 11.6. The number of benzene rings is 3. The van der Waals surface area contributed by atoms with E-state index in [0.29, 0.717) is 12.2 Å². The van der Waals surface area contributed by atoms with Gasteiger partial charge in [-0.3, -0.25) is 0 Å². The van der Waals surface area contributed by atoms with Gasteiger partial charge in [-0.1, -0.05) is 12.0 Å². The molecule has 3 heteroatoms. The van der Waals surface area contributed by atoms with E-state index in [9.17, 15) is 10.2 Å². The second-order valence-corrected chi connectivity index (χ2v) is 5.31. The van der Waals surface area contributed by atoms with Crippen molar-refractivity contribution in [3.63, 3.8) is 0 Å². The van der Waals surface area contributed by atoms with Crippen LogP contribution in [0.25, 0.3) is 21.9 Å². The maximum atomic E-state index is 9.71. The molecule has 0 amide bonds. The van der Waals surface area contributed by atoms with E-state index in [4.69, 9.17) is 11.2 Å². The van der Waals surface area contributed by atoms with Gasteiger partial charge >= 0.3 is 0 Å². The number of hydrogen-bond donors (Lipinski definition) is 2. The van der Waals surface area contributed by atoms with E-state index in [-0.39, 0.29) is 11.5 Å². The molecular formula is C19H12O3. The first-order valence-electron chi connectivity index (χ1n) is 6.89. The van der Waals surface area contributed by atoms with Crippen LogP contribution in [-0.4, -0.2) is 10.2 Å². The van der Waals surface area contributed by atoms with Crippen molar-refractivity contribution in [1.82, 2.24) is 0 Å². The summed E-state index contributed by atoms with van der Waals surface area (Å²) in [5.74, 6) is 3.82. The van der Waals surface area contributed by atoms with Crippen molar-refractivity contribution in [1.29, 1.82) is 0 Å². The van der Waals surface area contributed by atoms with E-state index in [1.54, 1.807) is 24.3 Å². The molecule has 0 saturated heterocycles. The third kappa shape index (κ3) is 1.71. The summed E-state index contributed by atoms with van der Waals surface area (Å²) in [6.07, 6.45) is 5.63. The van der Waals surface area contributed by atoms with E-state index in [1.807, 2.05) is 18.2 Å². The Morgan fingerprint density at radius 1 is 0.909 bits per heavy atom. The lowest BCUT2D eigenvalue weighted by molar-refractivity contribution is 0.305. The second kappa shape index (κ2) is 4.44. The molecule has 0 unspecified atom stereocenters. The van der Waals surface area contributed by atoms with Crippen molar-refractivity contribution in [3.05, 3.63) is 53.6 Å². The van der Waals surface area contributed by atoms with Crippen LogP contribution in [0, 0.1) is 12.3 Å². The summed E-state index contributed by atoms with van der Waals surface area (Å²) in [6, 6.07) is 12.2. The smallest absolute Gasteiger partial charge is 0.135 e. The molecule has 22 heavy (non-hydrogen) atoms. The second-order valence-electron chi connectivity index (χ2n) is 5.31. The highest BCUT2D eigenvalue weighted by molar-refractivity contribution is 6.00. The first-order valence-corrected chi connectivity index (χ1v) is 6.89. The minimum absolute atomic E-state index is 0.171. The Kier molecular flexibility index (Phi) is 2.54. The molecule has 3 nitrogen and oxygen atoms in total. The molecule has 0 radical (unpaired) electrons. The van der Waals surface area contributed by atoms with Crippen LogP contribution < -0.4 is 4.74 Å². The van der Waals surface area contributed by atoms with Crippen LogP contribution in [0.3, 0.4) is 0 Å². The first kappa shape index (κ1) is 12.6. The fourth-order valence-corrected chi connectivity index (χ4v) is 2.97. The number of ether oxygens (including phenoxy) is 1. The van der Waals surface area contributed by atoms with Crippen molar-refractivity contribution >= 4 is 10.8 Å². The largest absolute Gasteiger partial charge is 0.508 e. The molecular weight excluding hydrogens is 276 g/mol. The Morgan fingerprint density at radius 2 is 1.68 bits per heavy atom. The Morgan fingerprint density at radius 3 is 2.50 bits per heavy atom. The number of phenols is 2. The third-order valence-electron chi connectivity index (χ3n) is 3.98. The van der Waals surface area contributed by atoms with E-state index in [1.165, 1.54) is 0 Å². The van der Waals surface area contributed by atoms with Gasteiger partial charge in [0, 0.05) is 27.5 Å². The van der Waals surface area contributed by atoms with Gasteiger partial charge in [0.1, 0.15) is 23.9 Å². The molecule has 0 fully saturated rings. The first-order chi connectivity index (χ1) is 10.7. The van der Waals surface area contributed by atoms with Crippen LogP contribution in [0.15, 0.2) is 42.5 Å². The highest BCUT2D eigenvalue weighted by Crippen LogP contribution is 2.44. The normalized spacial score (nSPS) is 12.1. The molecule has 1 aliphatic heterocycles. The van der Waals surface area contributed by atoms with Gasteiger partial charge in [0.25, 0.3) is 0 Å². The van der Waals surface area contributed by atoms with E-state index >= 15 is 0 Å². The molecule has 3 aromatic carbocycles. The Bertz CT molecular complexity index is 965. The number of terminal acetylenes is 1. The Hall–Kier alpha value is -3.12. The van der Waals surface area contributed by atoms with Crippen LogP contribution in [0.4, 0.5) is 0 Å². The van der Waals surface area contributed by atoms with Crippen LogP contribution in [0.1, 0.15) is 11.1 Å². The third-order valence-corrected chi connectivity index (χ3v) is 3.98. The van der Waals surface area contributed by atoms with Crippen molar-refractivity contribution in [2.24, 2.45) is 0 Å². The molecule has 1 heterocycles. The fourth-order valence-electron chi connectivity index (χ4n) is 2.97. The maximum absolute atomic E-state index is 9.71. The predicted molar refractivity (Wildman–Crippen MR) is 85.0 cm³/mol. The molecule has 0 atom stereocenters. The maximum Gasteiger partial charge on any atom is 0.135 e. The predicted octanol–water partition coefficient (Wildman–Crippen LogP) is 3.79. The number of hydrogen-bond acceptors (Lipinski definition) is 3. The van der Waals surface area contributed by atoms with Crippen LogP contribution in [0.2, 0.25) is 0 Å². The molecule has 1 aliphatic rings. The van der Waals surface area contributed by atoms with Crippen molar-refractivity contribution in [2.45, 2.75) is 6.61 Å². The van der Waals surface area contributed by atoms with Crippen LogP contribution in [-0.2, 0) is 6.61 Å². The van der Waals surface area contributed by atoms with Crippen LogP contribution in [0.5, 0.6) is 17.2 Å². The van der Waals surface area contributed by atoms with Gasteiger partial charge in [-0.2, -0.15) is 0 Å². The highest BCUT2D eigenvalue weighted by Gasteiger charge is 2.21. The molecule has 0 bridgehead atoms. The van der Waals surface area contributed by atoms with Gasteiger partial charge in [-0.25, -0.2) is 0 Å². The standard InChI is InChI=1S/C19H12O3/c1-2-11-8-18-15-5-3-13(20)7-12(15)10-22-19(18)16-6-4-14(21)9-17(11)16/h1,3-9,20-21H,10H2. The lowest BCUT2D eigenvalue weighted by Crippen LogP contribution is -2.06. The van der Waals surface area contributed by atoms with E-state index in [2.05, 4.69) is 5.92 Å². The molecule has 0 aromatic heterocycles. The molecule has 3 aromatic rings. The minimum atomic E-state index is 0.171. The lowest BCUT2D eigenvalue weighted by atomic mass is 9.91. The summed E-state index contributed by atoms with van der Waals surface area (Å²) in [5.41, 5.74) is 3.54. The summed E-state index contributed by atoms with van der Waals surface area (Å²) in [5, 5.41) is 21.0. The van der Waals surface area contributed by atoms with Crippen molar-refractivity contribution in [3.8, 4) is 40.7 Å². The fraction of sp³-hybridized carbons (Fsp3) is 0.0526. The number of fused-ring (bicyclic) bond motifs is 5. The number of phenolic OH excluding ortho intramolecular Hbond substituents is 2. The monoisotopic (exact) mass is 288 g/mol. The average molecular weight is 288 g/mol. The summed E-state index contributed by atoms with van der Waals surface area (Å²) in [4.78, 5) is 0. The summed E-state index contributed by atoms with van der Waals surface area (Å²) < 4.78 is 5.90. The van der Waals surface area contributed by atoms with Gasteiger partial charge < -0.3 is 14.9 Å². The summed E-state index contributed by atoms with van der Waals surface area (Å²) >= 11 is 0. The van der Waals surface area contributed by atoms with Gasteiger partial charge in [0.15, 0.2) is 0 Å². The number of aromatic hydroxyl groups is 2. The quantitative estimate of drug-likeness (QED) is 0.619. The minimum Gasteiger partial charge on any atom is -0.508 e. The molecule has 4 rings (SSSR count). The van der Waals surface area contributed by atoms with Gasteiger partial charge in [0.2, 0.25) is 0 Å². The van der Waals surface area contributed by atoms with Crippen LogP contribution >= 0.6 is 0 Å². The summed E-state index contributed by atoms with van der Waals surface area (Å²) in [7, 11) is 0. The highest BCUT2D eigenvalue weighted by atomic mass is 16.5. The molecule has 0 spiro atoms. The zero-order valence-corrected chi connectivity index (χ0v) is 11.6. The van der Waals surface area contributed by atoms with Gasteiger partial charge in [-0.05, 0) is 42.0 Å². The summed E-state index contributed by atoms with van der Waals surface area (Å²) in [6.45, 7) is 0.391. The SMILES string of the molecule is C#Cc1cc2c(c3ccc(O)cc13)OCc1cc(O)ccc1-2. The van der Waals surface area contributed by atoms with Gasteiger partial charge in [0.05, 0.1) is 0 Å². The van der Waals surface area contributed by atoms with Crippen molar-refractivity contribution < 1.29 is 14.9 Å². The molecule has 2 N–H and O–H groups in total. The number of rotatable bonds is 0. The average Bonchev–Trinajstić information content (AvgIpc) is 2.53.